The molecular weight excluding hydrogens is 270 g/mol. The van der Waals surface area contributed by atoms with Gasteiger partial charge in [0.2, 0.25) is 0 Å². The normalized spacial score (nSPS) is 21.0. The number of nitrogens with zero attached hydrogens (tertiary/aromatic N) is 1. The van der Waals surface area contributed by atoms with Crippen molar-refractivity contribution in [1.29, 1.82) is 0 Å². The fourth-order valence-corrected chi connectivity index (χ4v) is 2.77. The van der Waals surface area contributed by atoms with Crippen molar-refractivity contribution in [1.82, 2.24) is 15.6 Å². The van der Waals surface area contributed by atoms with Crippen molar-refractivity contribution in [2.45, 2.75) is 32.7 Å². The van der Waals surface area contributed by atoms with E-state index in [1.165, 1.54) is 0 Å². The summed E-state index contributed by atoms with van der Waals surface area (Å²) in [6.07, 6.45) is 5.93. The molecular formula is C15H21N3O3. The molecule has 1 aliphatic rings. The Balaban J connectivity index is 1.75. The van der Waals surface area contributed by atoms with Gasteiger partial charge in [-0.3, -0.25) is 9.78 Å². The minimum Gasteiger partial charge on any atom is -0.481 e. The van der Waals surface area contributed by atoms with Crippen LogP contribution in [0.3, 0.4) is 0 Å². The molecule has 2 unspecified atom stereocenters. The van der Waals surface area contributed by atoms with E-state index in [0.29, 0.717) is 19.5 Å². The van der Waals surface area contributed by atoms with E-state index < -0.39 is 5.97 Å². The summed E-state index contributed by atoms with van der Waals surface area (Å²) in [6, 6.07) is 1.61. The lowest BCUT2D eigenvalue weighted by Crippen LogP contribution is -2.39. The summed E-state index contributed by atoms with van der Waals surface area (Å²) in [6.45, 7) is 2.79. The first-order valence-electron chi connectivity index (χ1n) is 7.22. The third-order valence-electron chi connectivity index (χ3n) is 4.08. The van der Waals surface area contributed by atoms with Gasteiger partial charge in [0, 0.05) is 25.5 Å². The molecule has 6 nitrogen and oxygen atoms in total. The van der Waals surface area contributed by atoms with E-state index in [4.69, 9.17) is 5.11 Å². The second-order valence-electron chi connectivity index (χ2n) is 5.50. The number of hydrogen-bond acceptors (Lipinski definition) is 3. The Hall–Kier alpha value is -2.11. The molecule has 0 saturated heterocycles. The Kier molecular flexibility index (Phi) is 5.14. The Morgan fingerprint density at radius 3 is 2.90 bits per heavy atom. The lowest BCUT2D eigenvalue weighted by Gasteiger charge is -2.16. The number of carboxylic acids is 1. The van der Waals surface area contributed by atoms with Gasteiger partial charge in [-0.05, 0) is 42.9 Å². The van der Waals surface area contributed by atoms with Gasteiger partial charge >= 0.3 is 12.0 Å². The molecule has 1 aromatic heterocycles. The van der Waals surface area contributed by atoms with E-state index in [1.54, 1.807) is 12.4 Å². The third-order valence-corrected chi connectivity index (χ3v) is 4.08. The van der Waals surface area contributed by atoms with Crippen LogP contribution in [0.4, 0.5) is 4.79 Å². The minimum absolute atomic E-state index is 0.0379. The van der Waals surface area contributed by atoms with Crippen LogP contribution in [0, 0.1) is 18.8 Å². The molecule has 0 spiro atoms. The highest BCUT2D eigenvalue weighted by Crippen LogP contribution is 2.31. The molecule has 0 aliphatic heterocycles. The Morgan fingerprint density at radius 2 is 2.19 bits per heavy atom. The predicted octanol–water partition coefficient (Wildman–Crippen LogP) is 1.69. The van der Waals surface area contributed by atoms with Crippen molar-refractivity contribution in [3.63, 3.8) is 0 Å². The van der Waals surface area contributed by atoms with Crippen LogP contribution in [0.25, 0.3) is 0 Å². The molecule has 1 saturated carbocycles. The van der Waals surface area contributed by atoms with Gasteiger partial charge in [0.15, 0.2) is 0 Å². The molecule has 2 amide bonds. The van der Waals surface area contributed by atoms with Gasteiger partial charge in [-0.15, -0.1) is 0 Å². The van der Waals surface area contributed by atoms with E-state index in [-0.39, 0.29) is 17.9 Å². The first-order valence-corrected chi connectivity index (χ1v) is 7.22. The molecule has 1 aliphatic carbocycles. The van der Waals surface area contributed by atoms with Gasteiger partial charge in [0.05, 0.1) is 5.92 Å². The van der Waals surface area contributed by atoms with E-state index in [2.05, 4.69) is 15.6 Å². The van der Waals surface area contributed by atoms with Crippen LogP contribution in [0.1, 0.15) is 30.4 Å². The van der Waals surface area contributed by atoms with E-state index >= 15 is 0 Å². The van der Waals surface area contributed by atoms with Gasteiger partial charge < -0.3 is 15.7 Å². The fourth-order valence-electron chi connectivity index (χ4n) is 2.77. The molecule has 114 valence electrons. The van der Waals surface area contributed by atoms with Gasteiger partial charge in [0.25, 0.3) is 0 Å². The molecule has 1 fully saturated rings. The van der Waals surface area contributed by atoms with Crippen molar-refractivity contribution < 1.29 is 14.7 Å². The summed E-state index contributed by atoms with van der Waals surface area (Å²) in [5.74, 6) is -1.05. The van der Waals surface area contributed by atoms with Gasteiger partial charge in [-0.2, -0.15) is 0 Å². The summed E-state index contributed by atoms with van der Waals surface area (Å²) in [4.78, 5) is 26.8. The summed E-state index contributed by atoms with van der Waals surface area (Å²) >= 11 is 0. The number of urea groups is 1. The minimum atomic E-state index is -0.757. The maximum absolute atomic E-state index is 11.8. The first-order chi connectivity index (χ1) is 10.1. The summed E-state index contributed by atoms with van der Waals surface area (Å²) < 4.78 is 0. The van der Waals surface area contributed by atoms with Crippen LogP contribution in [0.2, 0.25) is 0 Å². The number of hydrogen-bond donors (Lipinski definition) is 3. The average molecular weight is 291 g/mol. The van der Waals surface area contributed by atoms with Gasteiger partial charge in [0.1, 0.15) is 0 Å². The Bertz CT molecular complexity index is 519. The first kappa shape index (κ1) is 15.3. The maximum atomic E-state index is 11.8. The number of amides is 2. The zero-order chi connectivity index (χ0) is 15.2. The van der Waals surface area contributed by atoms with Crippen LogP contribution in [0.5, 0.6) is 0 Å². The number of carboxylic acid groups (broad SMARTS) is 1. The number of carbonyl (C=O) groups is 2. The lowest BCUT2D eigenvalue weighted by atomic mass is 9.96. The molecule has 1 heterocycles. The number of pyridine rings is 1. The largest absolute Gasteiger partial charge is 0.481 e. The molecule has 21 heavy (non-hydrogen) atoms. The molecule has 0 aromatic carbocycles. The third kappa shape index (κ3) is 4.18. The molecule has 2 atom stereocenters. The standard InChI is InChI=1S/C15H21N3O3/c1-10-7-16-6-5-11(10)8-17-15(21)18-9-12-3-2-4-13(12)14(19)20/h5-7,12-13H,2-4,8-9H2,1H3,(H,19,20)(H2,17,18,21). The van der Waals surface area contributed by atoms with Crippen molar-refractivity contribution in [2.24, 2.45) is 11.8 Å². The summed E-state index contributed by atoms with van der Waals surface area (Å²) in [7, 11) is 0. The highest BCUT2D eigenvalue weighted by molar-refractivity contribution is 5.74. The number of aliphatic carboxylic acids is 1. The Morgan fingerprint density at radius 1 is 1.38 bits per heavy atom. The second-order valence-corrected chi connectivity index (χ2v) is 5.50. The van der Waals surface area contributed by atoms with Crippen molar-refractivity contribution in [3.8, 4) is 0 Å². The van der Waals surface area contributed by atoms with Crippen LogP contribution < -0.4 is 10.6 Å². The molecule has 0 radical (unpaired) electrons. The van der Waals surface area contributed by atoms with E-state index in [1.807, 2.05) is 13.0 Å². The summed E-state index contributed by atoms with van der Waals surface area (Å²) in [5, 5.41) is 14.6. The topological polar surface area (TPSA) is 91.3 Å². The zero-order valence-corrected chi connectivity index (χ0v) is 12.1. The van der Waals surface area contributed by atoms with Gasteiger partial charge in [-0.25, -0.2) is 4.79 Å². The van der Waals surface area contributed by atoms with E-state index in [9.17, 15) is 9.59 Å². The number of carbonyl (C=O) groups excluding carboxylic acids is 1. The summed E-state index contributed by atoms with van der Waals surface area (Å²) in [5.41, 5.74) is 2.05. The van der Waals surface area contributed by atoms with Crippen LogP contribution in [-0.2, 0) is 11.3 Å². The van der Waals surface area contributed by atoms with Crippen LogP contribution in [0.15, 0.2) is 18.5 Å². The second kappa shape index (κ2) is 7.06. The highest BCUT2D eigenvalue weighted by Gasteiger charge is 2.32. The maximum Gasteiger partial charge on any atom is 0.315 e. The lowest BCUT2D eigenvalue weighted by molar-refractivity contribution is -0.142. The van der Waals surface area contributed by atoms with Crippen LogP contribution >= 0.6 is 0 Å². The molecule has 2 rings (SSSR count). The predicted molar refractivity (Wildman–Crippen MR) is 77.7 cm³/mol. The number of aryl methyl sites for hydroxylation is 1. The van der Waals surface area contributed by atoms with Crippen molar-refractivity contribution in [3.05, 3.63) is 29.6 Å². The monoisotopic (exact) mass is 291 g/mol. The number of rotatable bonds is 5. The zero-order valence-electron chi connectivity index (χ0n) is 12.1. The van der Waals surface area contributed by atoms with Crippen LogP contribution in [-0.4, -0.2) is 28.6 Å². The number of aromatic nitrogens is 1. The SMILES string of the molecule is Cc1cnccc1CNC(=O)NCC1CCCC1C(=O)O. The average Bonchev–Trinajstić information content (AvgIpc) is 2.93. The molecule has 6 heteroatoms. The van der Waals surface area contributed by atoms with Gasteiger partial charge in [-0.1, -0.05) is 6.42 Å². The Labute approximate surface area is 124 Å². The fraction of sp³-hybridized carbons (Fsp3) is 0.533. The van der Waals surface area contributed by atoms with E-state index in [0.717, 1.165) is 24.0 Å². The van der Waals surface area contributed by atoms with Crippen molar-refractivity contribution >= 4 is 12.0 Å². The smallest absolute Gasteiger partial charge is 0.315 e. The van der Waals surface area contributed by atoms with Crippen molar-refractivity contribution in [2.75, 3.05) is 6.54 Å². The quantitative estimate of drug-likeness (QED) is 0.770. The highest BCUT2D eigenvalue weighted by atomic mass is 16.4. The molecule has 1 aromatic rings. The molecule has 3 N–H and O–H groups in total. The number of nitrogens with one attached hydrogen (secondary N) is 2. The molecule has 0 bridgehead atoms.